The highest BCUT2D eigenvalue weighted by molar-refractivity contribution is 5.89. The van der Waals surface area contributed by atoms with E-state index in [9.17, 15) is 4.79 Å². The van der Waals surface area contributed by atoms with E-state index in [4.69, 9.17) is 4.74 Å². The van der Waals surface area contributed by atoms with Gasteiger partial charge in [-0.25, -0.2) is 4.79 Å². The summed E-state index contributed by atoms with van der Waals surface area (Å²) < 4.78 is 5.11. The fourth-order valence-electron chi connectivity index (χ4n) is 2.18. The number of urea groups is 1. The van der Waals surface area contributed by atoms with Gasteiger partial charge in [0.2, 0.25) is 0 Å². The van der Waals surface area contributed by atoms with E-state index in [0.29, 0.717) is 19.7 Å². The Labute approximate surface area is 137 Å². The third kappa shape index (κ3) is 5.07. The van der Waals surface area contributed by atoms with Gasteiger partial charge in [0.15, 0.2) is 0 Å². The van der Waals surface area contributed by atoms with Gasteiger partial charge in [0.25, 0.3) is 0 Å². The van der Waals surface area contributed by atoms with E-state index in [1.54, 1.807) is 24.4 Å². The van der Waals surface area contributed by atoms with Crippen LogP contribution in [0.4, 0.5) is 10.5 Å². The van der Waals surface area contributed by atoms with Crippen molar-refractivity contribution in [3.63, 3.8) is 0 Å². The Bertz CT molecular complexity index is 644. The van der Waals surface area contributed by atoms with Gasteiger partial charge in [-0.1, -0.05) is 6.07 Å². The Balaban J connectivity index is 2.07. The van der Waals surface area contributed by atoms with Crippen molar-refractivity contribution in [1.82, 2.24) is 9.88 Å². The molecule has 122 valence electrons. The first kappa shape index (κ1) is 17.0. The molecular weight excluding hydrogens is 290 g/mol. The van der Waals surface area contributed by atoms with Gasteiger partial charge < -0.3 is 15.0 Å². The lowest BCUT2D eigenvalue weighted by Gasteiger charge is -2.23. The highest BCUT2D eigenvalue weighted by atomic mass is 16.5. The first-order valence-electron chi connectivity index (χ1n) is 7.61. The Morgan fingerprint density at radius 2 is 1.91 bits per heavy atom. The van der Waals surface area contributed by atoms with Gasteiger partial charge in [-0.3, -0.25) is 4.98 Å². The van der Waals surface area contributed by atoms with Crippen LogP contribution in [0, 0.1) is 13.8 Å². The number of nitrogens with zero attached hydrogens (tertiary/aromatic N) is 2. The number of nitrogens with one attached hydrogen (secondary N) is 1. The van der Waals surface area contributed by atoms with Crippen LogP contribution in [0.1, 0.15) is 16.7 Å². The van der Waals surface area contributed by atoms with Gasteiger partial charge in [-0.15, -0.1) is 0 Å². The van der Waals surface area contributed by atoms with Crippen molar-refractivity contribution >= 4 is 11.7 Å². The molecule has 2 amide bonds. The average molecular weight is 313 g/mol. The molecule has 0 saturated carbocycles. The molecule has 0 fully saturated rings. The topological polar surface area (TPSA) is 54.5 Å². The Morgan fingerprint density at radius 1 is 1.17 bits per heavy atom. The van der Waals surface area contributed by atoms with E-state index in [2.05, 4.69) is 17.2 Å². The van der Waals surface area contributed by atoms with Crippen LogP contribution in [-0.2, 0) is 11.3 Å². The Kier molecular flexibility index (Phi) is 6.11. The van der Waals surface area contributed by atoms with Crippen molar-refractivity contribution < 1.29 is 9.53 Å². The average Bonchev–Trinajstić information content (AvgIpc) is 2.55. The molecule has 0 saturated heterocycles. The van der Waals surface area contributed by atoms with Crippen molar-refractivity contribution in [3.8, 4) is 0 Å². The maximum absolute atomic E-state index is 12.6. The molecule has 0 atom stereocenters. The standard InChI is InChI=1S/C18H23N3O2/c1-14-4-5-17(12-15(14)2)20-18(22)21(10-11-23-3)13-16-6-8-19-9-7-16/h4-9,12H,10-11,13H2,1-3H3,(H,20,22). The van der Waals surface area contributed by atoms with Crippen LogP contribution < -0.4 is 5.32 Å². The van der Waals surface area contributed by atoms with Crippen LogP contribution in [0.3, 0.4) is 0 Å². The number of pyridine rings is 1. The first-order chi connectivity index (χ1) is 11.1. The molecule has 0 radical (unpaired) electrons. The monoisotopic (exact) mass is 313 g/mol. The number of hydrogen-bond acceptors (Lipinski definition) is 3. The lowest BCUT2D eigenvalue weighted by atomic mass is 10.1. The molecule has 0 bridgehead atoms. The summed E-state index contributed by atoms with van der Waals surface area (Å²) in [7, 11) is 1.63. The third-order valence-electron chi connectivity index (χ3n) is 3.73. The number of rotatable bonds is 6. The minimum absolute atomic E-state index is 0.137. The van der Waals surface area contributed by atoms with Crippen LogP contribution in [0.5, 0.6) is 0 Å². The summed E-state index contributed by atoms with van der Waals surface area (Å²) in [5.41, 5.74) is 4.19. The van der Waals surface area contributed by atoms with E-state index in [0.717, 1.165) is 16.8 Å². The molecule has 23 heavy (non-hydrogen) atoms. The fourth-order valence-corrected chi connectivity index (χ4v) is 2.18. The number of hydrogen-bond donors (Lipinski definition) is 1. The van der Waals surface area contributed by atoms with Gasteiger partial charge in [0.1, 0.15) is 0 Å². The number of aromatic nitrogens is 1. The van der Waals surface area contributed by atoms with Gasteiger partial charge in [-0.05, 0) is 54.8 Å². The highest BCUT2D eigenvalue weighted by Crippen LogP contribution is 2.15. The van der Waals surface area contributed by atoms with Crippen LogP contribution in [0.2, 0.25) is 0 Å². The molecule has 1 aromatic heterocycles. The quantitative estimate of drug-likeness (QED) is 0.889. The molecule has 1 aromatic carbocycles. The Hall–Kier alpha value is -2.40. The maximum Gasteiger partial charge on any atom is 0.322 e. The van der Waals surface area contributed by atoms with E-state index in [1.807, 2.05) is 37.3 Å². The number of aryl methyl sites for hydroxylation is 2. The predicted molar refractivity (Wildman–Crippen MR) is 91.5 cm³/mol. The van der Waals surface area contributed by atoms with Crippen molar-refractivity contribution in [2.75, 3.05) is 25.6 Å². The summed E-state index contributed by atoms with van der Waals surface area (Å²) >= 11 is 0. The SMILES string of the molecule is COCCN(Cc1ccncc1)C(=O)Nc1ccc(C)c(C)c1. The molecule has 2 aromatic rings. The Morgan fingerprint density at radius 3 is 2.57 bits per heavy atom. The molecule has 5 heteroatoms. The van der Waals surface area contributed by atoms with Crippen molar-refractivity contribution in [3.05, 3.63) is 59.4 Å². The van der Waals surface area contributed by atoms with Crippen molar-refractivity contribution in [1.29, 1.82) is 0 Å². The first-order valence-corrected chi connectivity index (χ1v) is 7.61. The van der Waals surface area contributed by atoms with E-state index in [-0.39, 0.29) is 6.03 Å². The molecule has 1 heterocycles. The molecule has 5 nitrogen and oxygen atoms in total. The highest BCUT2D eigenvalue weighted by Gasteiger charge is 2.14. The van der Waals surface area contributed by atoms with Crippen LogP contribution in [-0.4, -0.2) is 36.2 Å². The summed E-state index contributed by atoms with van der Waals surface area (Å²) in [5.74, 6) is 0. The maximum atomic E-state index is 12.6. The summed E-state index contributed by atoms with van der Waals surface area (Å²) in [6.07, 6.45) is 3.45. The molecule has 2 rings (SSSR count). The second kappa shape index (κ2) is 8.29. The molecule has 0 spiro atoms. The lowest BCUT2D eigenvalue weighted by molar-refractivity contribution is 0.153. The second-order valence-corrected chi connectivity index (χ2v) is 5.50. The molecule has 0 aliphatic carbocycles. The summed E-state index contributed by atoms with van der Waals surface area (Å²) in [6.45, 7) is 5.61. The molecule has 0 unspecified atom stereocenters. The lowest BCUT2D eigenvalue weighted by Crippen LogP contribution is -2.36. The summed E-state index contributed by atoms with van der Waals surface area (Å²) in [5, 5.41) is 2.96. The predicted octanol–water partition coefficient (Wildman–Crippen LogP) is 3.38. The number of amides is 2. The zero-order valence-electron chi connectivity index (χ0n) is 13.9. The minimum Gasteiger partial charge on any atom is -0.383 e. The zero-order valence-corrected chi connectivity index (χ0v) is 13.9. The number of anilines is 1. The molecule has 0 aliphatic heterocycles. The smallest absolute Gasteiger partial charge is 0.322 e. The molecule has 0 aliphatic rings. The van der Waals surface area contributed by atoms with E-state index < -0.39 is 0 Å². The van der Waals surface area contributed by atoms with Gasteiger partial charge >= 0.3 is 6.03 Å². The zero-order chi connectivity index (χ0) is 16.7. The van der Waals surface area contributed by atoms with Crippen LogP contribution >= 0.6 is 0 Å². The van der Waals surface area contributed by atoms with Crippen LogP contribution in [0.15, 0.2) is 42.7 Å². The number of benzene rings is 1. The fraction of sp³-hybridized carbons (Fsp3) is 0.333. The molecular formula is C18H23N3O2. The summed E-state index contributed by atoms with van der Waals surface area (Å²) in [4.78, 5) is 18.3. The second-order valence-electron chi connectivity index (χ2n) is 5.50. The van der Waals surface area contributed by atoms with Crippen molar-refractivity contribution in [2.45, 2.75) is 20.4 Å². The third-order valence-corrected chi connectivity index (χ3v) is 3.73. The number of carbonyl (C=O) groups is 1. The van der Waals surface area contributed by atoms with Crippen LogP contribution in [0.25, 0.3) is 0 Å². The van der Waals surface area contributed by atoms with Gasteiger partial charge in [0, 0.05) is 38.3 Å². The van der Waals surface area contributed by atoms with Gasteiger partial charge in [-0.2, -0.15) is 0 Å². The number of methoxy groups -OCH3 is 1. The molecule has 1 N–H and O–H groups in total. The van der Waals surface area contributed by atoms with Crippen molar-refractivity contribution in [2.24, 2.45) is 0 Å². The normalized spacial score (nSPS) is 10.4. The van der Waals surface area contributed by atoms with E-state index >= 15 is 0 Å². The van der Waals surface area contributed by atoms with E-state index in [1.165, 1.54) is 5.56 Å². The number of carbonyl (C=O) groups excluding carboxylic acids is 1. The minimum atomic E-state index is -0.137. The summed E-state index contributed by atoms with van der Waals surface area (Å²) in [6, 6.07) is 9.58. The largest absolute Gasteiger partial charge is 0.383 e. The van der Waals surface area contributed by atoms with Gasteiger partial charge in [0.05, 0.1) is 6.61 Å². The number of ether oxygens (including phenoxy) is 1.